The molecule has 2 fully saturated rings. The lowest BCUT2D eigenvalue weighted by Gasteiger charge is -2.31. The predicted molar refractivity (Wildman–Crippen MR) is 125 cm³/mol. The summed E-state index contributed by atoms with van der Waals surface area (Å²) in [5, 5.41) is 22.8. The number of anilines is 1. The number of aromatic nitrogens is 3. The van der Waals surface area contributed by atoms with Crippen LogP contribution in [0.5, 0.6) is 5.75 Å². The summed E-state index contributed by atoms with van der Waals surface area (Å²) in [4.78, 5) is 2.38. The molecule has 3 aromatic rings. The van der Waals surface area contributed by atoms with Crippen molar-refractivity contribution in [2.75, 3.05) is 30.3 Å². The molecule has 1 N–H and O–H groups in total. The van der Waals surface area contributed by atoms with Crippen molar-refractivity contribution in [3.8, 4) is 5.75 Å². The Hall–Kier alpha value is -2.25. The molecule has 1 aliphatic carbocycles. The molecule has 31 heavy (non-hydrogen) atoms. The number of ether oxygens (including phenoxy) is 1. The SMILES string of the molecule is CC1CCN(c2nnc(SCC(O)COc3ccc4ccccc4c3)n2C2CC2)CC1. The van der Waals surface area contributed by atoms with Crippen LogP contribution in [0.2, 0.25) is 0 Å². The summed E-state index contributed by atoms with van der Waals surface area (Å²) in [7, 11) is 0. The van der Waals surface area contributed by atoms with Crippen LogP contribution in [0.4, 0.5) is 5.95 Å². The topological polar surface area (TPSA) is 63.4 Å². The molecule has 0 amide bonds. The van der Waals surface area contributed by atoms with E-state index < -0.39 is 6.10 Å². The maximum Gasteiger partial charge on any atom is 0.228 e. The third-order valence-electron chi connectivity index (χ3n) is 6.19. The lowest BCUT2D eigenvalue weighted by atomic mass is 10.00. The van der Waals surface area contributed by atoms with E-state index in [9.17, 15) is 5.11 Å². The van der Waals surface area contributed by atoms with Crippen molar-refractivity contribution in [3.05, 3.63) is 42.5 Å². The van der Waals surface area contributed by atoms with E-state index in [1.54, 1.807) is 11.8 Å². The first-order valence-corrected chi connectivity index (χ1v) is 12.3. The molecule has 0 spiro atoms. The summed E-state index contributed by atoms with van der Waals surface area (Å²) in [6, 6.07) is 14.7. The molecule has 1 aliphatic heterocycles. The van der Waals surface area contributed by atoms with Crippen LogP contribution in [0.15, 0.2) is 47.6 Å². The number of nitrogens with zero attached hydrogens (tertiary/aromatic N) is 4. The molecular weight excluding hydrogens is 408 g/mol. The highest BCUT2D eigenvalue weighted by Crippen LogP contribution is 2.41. The molecule has 2 aromatic carbocycles. The van der Waals surface area contributed by atoms with Crippen LogP contribution in [0.25, 0.3) is 10.8 Å². The van der Waals surface area contributed by atoms with Crippen molar-refractivity contribution in [2.24, 2.45) is 5.92 Å². The minimum atomic E-state index is -0.569. The summed E-state index contributed by atoms with van der Waals surface area (Å²) < 4.78 is 8.15. The predicted octanol–water partition coefficient (Wildman–Crippen LogP) is 4.53. The number of aliphatic hydroxyl groups excluding tert-OH is 1. The Morgan fingerprint density at radius 2 is 1.84 bits per heavy atom. The van der Waals surface area contributed by atoms with Crippen molar-refractivity contribution >= 4 is 28.5 Å². The molecule has 1 unspecified atom stereocenters. The monoisotopic (exact) mass is 438 g/mol. The number of aliphatic hydroxyl groups is 1. The van der Waals surface area contributed by atoms with Crippen LogP contribution in [0.3, 0.4) is 0 Å². The molecule has 2 aliphatic rings. The second-order valence-corrected chi connectivity index (χ2v) is 9.83. The standard InChI is InChI=1S/C24H30N4O2S/c1-17-10-12-27(13-11-17)23-25-26-24(28(23)20-7-8-20)31-16-21(29)15-30-22-9-6-18-4-2-3-5-19(18)14-22/h2-6,9,14,17,20-21,29H,7-8,10-13,15-16H2,1H3. The van der Waals surface area contributed by atoms with E-state index in [0.29, 0.717) is 11.8 Å². The van der Waals surface area contributed by atoms with Crippen LogP contribution in [-0.2, 0) is 0 Å². The molecule has 1 saturated heterocycles. The number of thioether (sulfide) groups is 1. The fraction of sp³-hybridized carbons (Fsp3) is 0.500. The Balaban J connectivity index is 1.18. The highest BCUT2D eigenvalue weighted by atomic mass is 32.2. The number of hydrogen-bond acceptors (Lipinski definition) is 6. The molecule has 5 rings (SSSR count). The number of hydrogen-bond donors (Lipinski definition) is 1. The summed E-state index contributed by atoms with van der Waals surface area (Å²) in [6.45, 7) is 4.70. The van der Waals surface area contributed by atoms with E-state index in [1.165, 1.54) is 31.1 Å². The molecule has 1 aromatic heterocycles. The minimum absolute atomic E-state index is 0.264. The van der Waals surface area contributed by atoms with Crippen LogP contribution < -0.4 is 9.64 Å². The number of piperidine rings is 1. The van der Waals surface area contributed by atoms with Crippen LogP contribution in [0.1, 0.15) is 38.6 Å². The zero-order chi connectivity index (χ0) is 21.2. The second kappa shape index (κ2) is 9.09. The Morgan fingerprint density at radius 1 is 1.06 bits per heavy atom. The zero-order valence-electron chi connectivity index (χ0n) is 18.0. The van der Waals surface area contributed by atoms with Gasteiger partial charge in [0.1, 0.15) is 12.4 Å². The van der Waals surface area contributed by atoms with E-state index in [-0.39, 0.29) is 6.61 Å². The Bertz CT molecular complexity index is 1030. The molecule has 6 nitrogen and oxygen atoms in total. The summed E-state index contributed by atoms with van der Waals surface area (Å²) in [6.07, 6.45) is 4.24. The average Bonchev–Trinajstić information content (AvgIpc) is 3.55. The molecule has 0 radical (unpaired) electrons. The van der Waals surface area contributed by atoms with Gasteiger partial charge in [-0.3, -0.25) is 4.57 Å². The summed E-state index contributed by atoms with van der Waals surface area (Å²) in [5.41, 5.74) is 0. The lowest BCUT2D eigenvalue weighted by Crippen LogP contribution is -2.34. The van der Waals surface area contributed by atoms with Gasteiger partial charge in [-0.2, -0.15) is 0 Å². The van der Waals surface area contributed by atoms with E-state index >= 15 is 0 Å². The van der Waals surface area contributed by atoms with E-state index in [2.05, 4.69) is 38.7 Å². The van der Waals surface area contributed by atoms with Crippen molar-refractivity contribution in [2.45, 2.75) is 49.9 Å². The normalized spacial score (nSPS) is 18.5. The quantitative estimate of drug-likeness (QED) is 0.521. The van der Waals surface area contributed by atoms with Crippen LogP contribution in [-0.4, -0.2) is 51.4 Å². The van der Waals surface area contributed by atoms with Gasteiger partial charge in [-0.1, -0.05) is 49.0 Å². The highest BCUT2D eigenvalue weighted by molar-refractivity contribution is 7.99. The van der Waals surface area contributed by atoms with Gasteiger partial charge in [-0.05, 0) is 54.5 Å². The fourth-order valence-corrected chi connectivity index (χ4v) is 5.02. The van der Waals surface area contributed by atoms with Crippen molar-refractivity contribution in [1.29, 1.82) is 0 Å². The third kappa shape index (κ3) is 4.83. The van der Waals surface area contributed by atoms with Gasteiger partial charge in [-0.15, -0.1) is 10.2 Å². The van der Waals surface area contributed by atoms with Crippen LogP contribution in [0, 0.1) is 5.92 Å². The maximum absolute atomic E-state index is 10.5. The largest absolute Gasteiger partial charge is 0.491 e. The zero-order valence-corrected chi connectivity index (χ0v) is 18.8. The Morgan fingerprint density at radius 3 is 2.61 bits per heavy atom. The molecular formula is C24H30N4O2S. The third-order valence-corrected chi connectivity index (χ3v) is 7.28. The van der Waals surface area contributed by atoms with Gasteiger partial charge >= 0.3 is 0 Å². The van der Waals surface area contributed by atoms with Crippen molar-refractivity contribution < 1.29 is 9.84 Å². The molecule has 7 heteroatoms. The van der Waals surface area contributed by atoms with Gasteiger partial charge in [0.15, 0.2) is 5.16 Å². The Labute approximate surface area is 187 Å². The van der Waals surface area contributed by atoms with Gasteiger partial charge in [0, 0.05) is 24.9 Å². The first-order valence-electron chi connectivity index (χ1n) is 11.3. The van der Waals surface area contributed by atoms with Crippen LogP contribution >= 0.6 is 11.8 Å². The van der Waals surface area contributed by atoms with Gasteiger partial charge in [0.25, 0.3) is 0 Å². The smallest absolute Gasteiger partial charge is 0.228 e. The maximum atomic E-state index is 10.5. The fourth-order valence-electron chi connectivity index (χ4n) is 4.11. The number of benzene rings is 2. The molecule has 2 heterocycles. The number of rotatable bonds is 8. The van der Waals surface area contributed by atoms with Crippen molar-refractivity contribution in [3.63, 3.8) is 0 Å². The summed E-state index contributed by atoms with van der Waals surface area (Å²) in [5.74, 6) is 3.12. The minimum Gasteiger partial charge on any atom is -0.491 e. The van der Waals surface area contributed by atoms with E-state index in [0.717, 1.165) is 41.2 Å². The van der Waals surface area contributed by atoms with Gasteiger partial charge in [0.2, 0.25) is 5.95 Å². The Kier molecular flexibility index (Phi) is 6.05. The van der Waals surface area contributed by atoms with Gasteiger partial charge in [0.05, 0.1) is 6.10 Å². The first kappa shape index (κ1) is 20.6. The molecule has 0 bridgehead atoms. The second-order valence-electron chi connectivity index (χ2n) is 8.84. The highest BCUT2D eigenvalue weighted by Gasteiger charge is 2.32. The average molecular weight is 439 g/mol. The molecule has 1 atom stereocenters. The molecule has 1 saturated carbocycles. The van der Waals surface area contributed by atoms with Crippen molar-refractivity contribution in [1.82, 2.24) is 14.8 Å². The first-order chi connectivity index (χ1) is 15.2. The molecule has 164 valence electrons. The summed E-state index contributed by atoms with van der Waals surface area (Å²) >= 11 is 1.58. The lowest BCUT2D eigenvalue weighted by molar-refractivity contribution is 0.126. The van der Waals surface area contributed by atoms with Gasteiger partial charge < -0.3 is 14.7 Å². The van der Waals surface area contributed by atoms with E-state index in [1.807, 2.05) is 30.3 Å². The number of fused-ring (bicyclic) bond motifs is 1. The van der Waals surface area contributed by atoms with Gasteiger partial charge in [-0.25, -0.2) is 0 Å². The van der Waals surface area contributed by atoms with E-state index in [4.69, 9.17) is 4.74 Å².